The number of ketones is 1. The molecule has 266 valence electrons. The highest BCUT2D eigenvalue weighted by Gasteiger charge is 2.45. The average Bonchev–Trinajstić information content (AvgIpc) is 3.85. The van der Waals surface area contributed by atoms with Crippen molar-refractivity contribution >= 4 is 58.4 Å². The fourth-order valence-corrected chi connectivity index (χ4v) is 4.89. The van der Waals surface area contributed by atoms with Crippen LogP contribution < -0.4 is 26.0 Å². The van der Waals surface area contributed by atoms with E-state index in [2.05, 4.69) is 36.2 Å². The Kier molecular flexibility index (Phi) is 11.0. The number of aromatic nitrogens is 3. The summed E-state index contributed by atoms with van der Waals surface area (Å²) in [6.07, 6.45) is -4.21. The monoisotopic (exact) mass is 729 g/mol. The maximum Gasteiger partial charge on any atom is 0.422 e. The van der Waals surface area contributed by atoms with Gasteiger partial charge in [0.2, 0.25) is 17.7 Å². The predicted octanol–water partition coefficient (Wildman–Crippen LogP) is 5.62. The Bertz CT molecular complexity index is 1930. The van der Waals surface area contributed by atoms with Crippen LogP contribution in [0.3, 0.4) is 0 Å². The zero-order chi connectivity index (χ0) is 36.8. The molecule has 3 aromatic carbocycles. The van der Waals surface area contributed by atoms with Gasteiger partial charge in [-0.3, -0.25) is 14.4 Å². The summed E-state index contributed by atoms with van der Waals surface area (Å²) < 4.78 is 56.8. The largest absolute Gasteiger partial charge is 0.480 e. The summed E-state index contributed by atoms with van der Waals surface area (Å²) in [5, 5.41) is 20.6. The van der Waals surface area contributed by atoms with Crippen LogP contribution in [0.2, 0.25) is 5.02 Å². The smallest absolute Gasteiger partial charge is 0.422 e. The minimum absolute atomic E-state index is 0.0211. The van der Waals surface area contributed by atoms with Crippen molar-refractivity contribution in [2.45, 2.75) is 43.4 Å². The molecule has 1 atom stereocenters. The number of aliphatic carboxylic acids is 1. The van der Waals surface area contributed by atoms with Gasteiger partial charge >= 0.3 is 18.2 Å². The van der Waals surface area contributed by atoms with Gasteiger partial charge in [-0.15, -0.1) is 0 Å². The highest BCUT2D eigenvalue weighted by atomic mass is 35.5. The molecule has 0 bridgehead atoms. The quantitative estimate of drug-likeness (QED) is 0.0756. The van der Waals surface area contributed by atoms with Crippen molar-refractivity contribution < 1.29 is 46.6 Å². The number of halogens is 5. The fourth-order valence-electron chi connectivity index (χ4n) is 4.76. The molecule has 1 fully saturated rings. The number of carboxylic acids is 1. The Morgan fingerprint density at radius 2 is 1.61 bits per heavy atom. The molecule has 18 heteroatoms. The molecule has 2 amide bonds. The maximum atomic E-state index is 13.3. The number of nitrogens with one attached hydrogen (secondary N) is 4. The highest BCUT2D eigenvalue weighted by molar-refractivity contribution is 6.40. The number of rotatable bonds is 15. The van der Waals surface area contributed by atoms with Gasteiger partial charge in [-0.1, -0.05) is 29.8 Å². The van der Waals surface area contributed by atoms with Crippen molar-refractivity contribution in [2.24, 2.45) is 0 Å². The summed E-state index contributed by atoms with van der Waals surface area (Å²) in [6.45, 7) is -1.64. The van der Waals surface area contributed by atoms with E-state index in [1.165, 1.54) is 36.4 Å². The Hall–Kier alpha value is -5.84. The van der Waals surface area contributed by atoms with Crippen LogP contribution in [0, 0.1) is 5.82 Å². The summed E-state index contributed by atoms with van der Waals surface area (Å²) in [4.78, 5) is 61.3. The van der Waals surface area contributed by atoms with Crippen molar-refractivity contribution in [3.8, 4) is 6.01 Å². The SMILES string of the molecule is O=C(CC[C@H](NC(=O)c1ccc(Nc2nc(NC3(c4ccc(Cl)cc4)CC3)nc(OCC(F)(F)F)n2)cc1)C(=O)O)C(=O)Nc1cccc(F)c1. The lowest BCUT2D eigenvalue weighted by molar-refractivity contribution is -0.154. The van der Waals surface area contributed by atoms with E-state index >= 15 is 0 Å². The molecular weight excluding hydrogens is 702 g/mol. The second kappa shape index (κ2) is 15.4. The summed E-state index contributed by atoms with van der Waals surface area (Å²) in [5.74, 6) is -5.18. The van der Waals surface area contributed by atoms with Crippen LogP contribution in [-0.4, -0.2) is 62.5 Å². The maximum absolute atomic E-state index is 13.3. The Morgan fingerprint density at radius 3 is 2.24 bits per heavy atom. The molecule has 1 aromatic heterocycles. The number of benzene rings is 3. The van der Waals surface area contributed by atoms with Crippen LogP contribution in [0.4, 0.5) is 40.8 Å². The Balaban J connectivity index is 1.22. The van der Waals surface area contributed by atoms with Crippen LogP contribution in [0.1, 0.15) is 41.6 Å². The molecule has 0 aliphatic heterocycles. The van der Waals surface area contributed by atoms with E-state index in [4.69, 9.17) is 16.3 Å². The van der Waals surface area contributed by atoms with E-state index in [-0.39, 0.29) is 23.1 Å². The molecule has 4 aromatic rings. The van der Waals surface area contributed by atoms with Gasteiger partial charge in [-0.2, -0.15) is 28.1 Å². The van der Waals surface area contributed by atoms with Gasteiger partial charge in [-0.25, -0.2) is 9.18 Å². The normalized spacial score (nSPS) is 13.7. The van der Waals surface area contributed by atoms with E-state index in [1.807, 2.05) is 12.1 Å². The van der Waals surface area contributed by atoms with Crippen molar-refractivity contribution in [3.63, 3.8) is 0 Å². The van der Waals surface area contributed by atoms with Crippen molar-refractivity contribution in [2.75, 3.05) is 22.6 Å². The predicted molar refractivity (Wildman–Crippen MR) is 175 cm³/mol. The van der Waals surface area contributed by atoms with Crippen LogP contribution in [-0.2, 0) is 19.9 Å². The lowest BCUT2D eigenvalue weighted by atomic mass is 10.1. The number of hydrogen-bond acceptors (Lipinski definition) is 10. The van der Waals surface area contributed by atoms with Gasteiger partial charge in [0.1, 0.15) is 11.9 Å². The number of carbonyl (C=O) groups is 4. The molecule has 1 saturated carbocycles. The second-order valence-corrected chi connectivity index (χ2v) is 11.8. The van der Waals surface area contributed by atoms with Gasteiger partial charge in [0, 0.05) is 28.4 Å². The summed E-state index contributed by atoms with van der Waals surface area (Å²) in [7, 11) is 0. The Morgan fingerprint density at radius 1 is 0.922 bits per heavy atom. The average molecular weight is 730 g/mol. The van der Waals surface area contributed by atoms with Gasteiger partial charge in [0.15, 0.2) is 6.61 Å². The summed E-state index contributed by atoms with van der Waals surface area (Å²) in [6, 6.07) is 15.2. The first-order chi connectivity index (χ1) is 24.2. The zero-order valence-corrected chi connectivity index (χ0v) is 27.0. The third kappa shape index (κ3) is 10.3. The number of alkyl halides is 3. The van der Waals surface area contributed by atoms with Crippen molar-refractivity contribution in [1.82, 2.24) is 20.3 Å². The molecule has 1 heterocycles. The fraction of sp³-hybridized carbons (Fsp3) is 0.242. The van der Waals surface area contributed by atoms with Crippen molar-refractivity contribution in [3.05, 3.63) is 94.8 Å². The number of carbonyl (C=O) groups excluding carboxylic acids is 3. The number of ether oxygens (including phenoxy) is 1. The molecule has 13 nitrogen and oxygen atoms in total. The first kappa shape index (κ1) is 36.4. The minimum Gasteiger partial charge on any atom is -0.480 e. The van der Waals surface area contributed by atoms with Crippen LogP contribution in [0.25, 0.3) is 0 Å². The van der Waals surface area contributed by atoms with Gasteiger partial charge in [0.05, 0.1) is 5.54 Å². The molecular formula is C33H28ClF4N7O6. The Labute approximate surface area is 291 Å². The third-order valence-electron chi connectivity index (χ3n) is 7.48. The van der Waals surface area contributed by atoms with Crippen LogP contribution >= 0.6 is 11.6 Å². The number of anilines is 4. The molecule has 5 rings (SSSR count). The highest BCUT2D eigenvalue weighted by Crippen LogP contribution is 2.48. The molecule has 0 radical (unpaired) electrons. The molecule has 0 saturated heterocycles. The number of carboxylic acid groups (broad SMARTS) is 1. The second-order valence-electron chi connectivity index (χ2n) is 11.4. The van der Waals surface area contributed by atoms with Gasteiger partial charge in [0.25, 0.3) is 11.8 Å². The van der Waals surface area contributed by atoms with Gasteiger partial charge in [-0.05, 0) is 79.4 Å². The van der Waals surface area contributed by atoms with E-state index < -0.39 is 72.6 Å². The molecule has 0 spiro atoms. The van der Waals surface area contributed by atoms with E-state index in [0.29, 0.717) is 23.6 Å². The van der Waals surface area contributed by atoms with E-state index in [1.54, 1.807) is 12.1 Å². The van der Waals surface area contributed by atoms with Crippen LogP contribution in [0.5, 0.6) is 6.01 Å². The third-order valence-corrected chi connectivity index (χ3v) is 7.73. The number of nitrogens with zero attached hydrogens (tertiary/aromatic N) is 3. The summed E-state index contributed by atoms with van der Waals surface area (Å²) in [5.41, 5.74) is 0.659. The number of amides is 2. The number of hydrogen-bond donors (Lipinski definition) is 5. The van der Waals surface area contributed by atoms with Gasteiger partial charge < -0.3 is 31.1 Å². The molecule has 5 N–H and O–H groups in total. The molecule has 1 aliphatic carbocycles. The topological polar surface area (TPSA) is 185 Å². The molecule has 0 unspecified atom stereocenters. The van der Waals surface area contributed by atoms with Crippen molar-refractivity contribution in [1.29, 1.82) is 0 Å². The lowest BCUT2D eigenvalue weighted by Crippen LogP contribution is -2.41. The molecule has 51 heavy (non-hydrogen) atoms. The van der Waals surface area contributed by atoms with E-state index in [9.17, 15) is 41.8 Å². The van der Waals surface area contributed by atoms with Crippen LogP contribution in [0.15, 0.2) is 72.8 Å². The number of Topliss-reactive ketones (excluding diaryl/α,β-unsaturated/α-hetero) is 1. The lowest BCUT2D eigenvalue weighted by Gasteiger charge is -2.19. The minimum atomic E-state index is -4.65. The first-order valence-electron chi connectivity index (χ1n) is 15.2. The summed E-state index contributed by atoms with van der Waals surface area (Å²) >= 11 is 6.00. The molecule has 1 aliphatic rings. The van der Waals surface area contributed by atoms with E-state index in [0.717, 1.165) is 17.7 Å². The standard InChI is InChI=1S/C33H28ClF4N7O6/c34-20-8-6-19(7-9-20)32(14-15-32)45-30-42-29(43-31(44-30)51-17-33(36,37)38)40-22-10-4-18(5-11-22)26(47)41-24(28(49)50)12-13-25(46)27(48)39-23-3-1-2-21(35)16-23/h1-11,16,24H,12-15,17H2,(H,39,48)(H,41,47)(H,49,50)(H2,40,42,43,44,45)/t24-/m0/s1. The zero-order valence-electron chi connectivity index (χ0n) is 26.3. The first-order valence-corrected chi connectivity index (χ1v) is 15.6.